The fraction of sp³-hybridized carbons (Fsp3) is 0.400. The molecule has 0 unspecified atom stereocenters. The predicted octanol–water partition coefficient (Wildman–Crippen LogP) is 4.02. The first-order chi connectivity index (χ1) is 10.3. The van der Waals surface area contributed by atoms with Gasteiger partial charge in [0.25, 0.3) is 0 Å². The molecule has 2 rings (SSSR count). The lowest BCUT2D eigenvalue weighted by Crippen LogP contribution is -2.21. The van der Waals surface area contributed by atoms with E-state index in [9.17, 15) is 13.2 Å². The summed E-state index contributed by atoms with van der Waals surface area (Å²) in [6.45, 7) is 1.86. The smallest absolute Gasteiger partial charge is 0.422 e. The summed E-state index contributed by atoms with van der Waals surface area (Å²) in [5.41, 5.74) is 0.732. The lowest BCUT2D eigenvalue weighted by Gasteiger charge is -2.18. The van der Waals surface area contributed by atoms with Crippen molar-refractivity contribution in [3.63, 3.8) is 0 Å². The van der Waals surface area contributed by atoms with Crippen LogP contribution in [0, 0.1) is 6.92 Å². The molecule has 0 amide bonds. The molecule has 1 aromatic carbocycles. The van der Waals surface area contributed by atoms with Gasteiger partial charge in [-0.1, -0.05) is 18.2 Å². The van der Waals surface area contributed by atoms with Crippen molar-refractivity contribution in [2.45, 2.75) is 26.2 Å². The van der Waals surface area contributed by atoms with E-state index in [1.54, 1.807) is 35.6 Å². The van der Waals surface area contributed by atoms with Gasteiger partial charge in [-0.05, 0) is 20.0 Å². The maximum Gasteiger partial charge on any atom is 0.422 e. The maximum absolute atomic E-state index is 12.3. The zero-order chi connectivity index (χ0) is 16.2. The Morgan fingerprint density at radius 3 is 2.59 bits per heavy atom. The third-order valence-electron chi connectivity index (χ3n) is 2.90. The predicted molar refractivity (Wildman–Crippen MR) is 80.0 cm³/mol. The van der Waals surface area contributed by atoms with E-state index in [1.807, 2.05) is 25.1 Å². The molecule has 0 aliphatic carbocycles. The van der Waals surface area contributed by atoms with E-state index in [1.165, 1.54) is 0 Å². The molecule has 0 radical (unpaired) electrons. The molecular weight excluding hydrogens is 313 g/mol. The van der Waals surface area contributed by atoms with E-state index in [2.05, 4.69) is 4.98 Å². The second kappa shape index (κ2) is 7.11. The van der Waals surface area contributed by atoms with Crippen molar-refractivity contribution in [1.82, 2.24) is 9.88 Å². The van der Waals surface area contributed by atoms with Crippen LogP contribution in [0.4, 0.5) is 13.2 Å². The molecule has 22 heavy (non-hydrogen) atoms. The van der Waals surface area contributed by atoms with Crippen LogP contribution in [0.2, 0.25) is 0 Å². The van der Waals surface area contributed by atoms with Gasteiger partial charge in [-0.3, -0.25) is 4.90 Å². The number of aryl methyl sites for hydroxylation is 1. The molecule has 0 aliphatic heterocycles. The highest BCUT2D eigenvalue weighted by atomic mass is 32.1. The molecule has 1 aromatic heterocycles. The monoisotopic (exact) mass is 330 g/mol. The number of benzene rings is 1. The van der Waals surface area contributed by atoms with Crippen LogP contribution >= 0.6 is 11.3 Å². The summed E-state index contributed by atoms with van der Waals surface area (Å²) >= 11 is 1.61. The first-order valence-electron chi connectivity index (χ1n) is 6.71. The second-order valence-electron chi connectivity index (χ2n) is 5.03. The summed E-state index contributed by atoms with van der Waals surface area (Å²) in [5.74, 6) is 0.271. The largest absolute Gasteiger partial charge is 0.484 e. The molecule has 1 heterocycles. The Balaban J connectivity index is 1.99. The summed E-state index contributed by atoms with van der Waals surface area (Å²) in [6.07, 6.45) is -2.51. The van der Waals surface area contributed by atoms with Gasteiger partial charge in [0.05, 0.1) is 5.01 Å². The van der Waals surface area contributed by atoms with E-state index in [-0.39, 0.29) is 5.75 Å². The number of hydrogen-bond donors (Lipinski definition) is 0. The van der Waals surface area contributed by atoms with Crippen LogP contribution in [0.5, 0.6) is 5.75 Å². The first-order valence-corrected chi connectivity index (χ1v) is 7.52. The quantitative estimate of drug-likeness (QED) is 0.800. The molecule has 120 valence electrons. The first kappa shape index (κ1) is 16.8. The summed E-state index contributed by atoms with van der Waals surface area (Å²) in [7, 11) is 1.91. The van der Waals surface area contributed by atoms with Crippen molar-refractivity contribution in [3.05, 3.63) is 45.9 Å². The summed E-state index contributed by atoms with van der Waals surface area (Å²) in [4.78, 5) is 7.33. The molecule has 0 saturated carbocycles. The minimum absolute atomic E-state index is 0.271. The van der Waals surface area contributed by atoms with Gasteiger partial charge in [-0.15, -0.1) is 11.3 Å². The Kier molecular flexibility index (Phi) is 5.42. The van der Waals surface area contributed by atoms with E-state index in [4.69, 9.17) is 4.74 Å². The van der Waals surface area contributed by atoms with E-state index in [0.717, 1.165) is 15.4 Å². The standard InChI is InChI=1S/C15H17F3N2OS/c1-11-19-7-13(22-11)9-20(2)8-12-5-3-4-6-14(12)21-10-15(16,17)18/h3-7H,8-10H2,1-2H3. The number of alkyl halides is 3. The number of rotatable bonds is 6. The maximum atomic E-state index is 12.3. The van der Waals surface area contributed by atoms with Gasteiger partial charge in [0.15, 0.2) is 6.61 Å². The minimum Gasteiger partial charge on any atom is -0.484 e. The molecule has 3 nitrogen and oxygen atoms in total. The van der Waals surface area contributed by atoms with Crippen LogP contribution in [0.25, 0.3) is 0 Å². The van der Waals surface area contributed by atoms with Crippen LogP contribution in [0.3, 0.4) is 0 Å². The van der Waals surface area contributed by atoms with Gasteiger partial charge in [0, 0.05) is 29.7 Å². The van der Waals surface area contributed by atoms with Crippen molar-refractivity contribution < 1.29 is 17.9 Å². The number of thiazole rings is 1. The molecule has 0 spiro atoms. The van der Waals surface area contributed by atoms with E-state index in [0.29, 0.717) is 13.1 Å². The van der Waals surface area contributed by atoms with Gasteiger partial charge in [-0.2, -0.15) is 13.2 Å². The summed E-state index contributed by atoms with van der Waals surface area (Å²) < 4.78 is 41.7. The molecule has 0 fully saturated rings. The Hall–Kier alpha value is -1.60. The molecular formula is C15H17F3N2OS. The van der Waals surface area contributed by atoms with Crippen LogP contribution in [0.15, 0.2) is 30.5 Å². The van der Waals surface area contributed by atoms with Crippen LogP contribution in [0.1, 0.15) is 15.4 Å². The highest BCUT2D eigenvalue weighted by Crippen LogP contribution is 2.24. The van der Waals surface area contributed by atoms with Gasteiger partial charge >= 0.3 is 6.18 Å². The Morgan fingerprint density at radius 2 is 1.95 bits per heavy atom. The molecule has 0 aliphatic rings. The van der Waals surface area contributed by atoms with Gasteiger partial charge in [0.2, 0.25) is 0 Å². The summed E-state index contributed by atoms with van der Waals surface area (Å²) in [6, 6.07) is 6.80. The number of para-hydroxylation sites is 1. The summed E-state index contributed by atoms with van der Waals surface area (Å²) in [5, 5.41) is 0.998. The minimum atomic E-state index is -4.33. The lowest BCUT2D eigenvalue weighted by atomic mass is 10.2. The molecule has 0 bridgehead atoms. The molecule has 2 aromatic rings. The number of aromatic nitrogens is 1. The zero-order valence-corrected chi connectivity index (χ0v) is 13.2. The number of hydrogen-bond acceptors (Lipinski definition) is 4. The average molecular weight is 330 g/mol. The van der Waals surface area contributed by atoms with Gasteiger partial charge in [0.1, 0.15) is 5.75 Å². The Bertz CT molecular complexity index is 613. The molecule has 0 atom stereocenters. The third kappa shape index (κ3) is 5.31. The van der Waals surface area contributed by atoms with Gasteiger partial charge < -0.3 is 4.74 Å². The average Bonchev–Trinajstić information content (AvgIpc) is 2.82. The fourth-order valence-corrected chi connectivity index (χ4v) is 2.90. The van der Waals surface area contributed by atoms with Crippen LogP contribution < -0.4 is 4.74 Å². The van der Waals surface area contributed by atoms with Crippen molar-refractivity contribution >= 4 is 11.3 Å². The molecule has 0 N–H and O–H groups in total. The zero-order valence-electron chi connectivity index (χ0n) is 12.4. The van der Waals surface area contributed by atoms with Crippen molar-refractivity contribution in [2.75, 3.05) is 13.7 Å². The van der Waals surface area contributed by atoms with Gasteiger partial charge in [-0.25, -0.2) is 4.98 Å². The topological polar surface area (TPSA) is 25.4 Å². The van der Waals surface area contributed by atoms with Crippen LogP contribution in [-0.2, 0) is 13.1 Å². The number of halogens is 3. The molecule has 7 heteroatoms. The van der Waals surface area contributed by atoms with E-state index < -0.39 is 12.8 Å². The second-order valence-corrected chi connectivity index (χ2v) is 6.35. The van der Waals surface area contributed by atoms with Crippen molar-refractivity contribution in [2.24, 2.45) is 0 Å². The Labute approximate surface area is 131 Å². The molecule has 0 saturated heterocycles. The normalized spacial score (nSPS) is 11.9. The fourth-order valence-electron chi connectivity index (χ4n) is 2.03. The highest BCUT2D eigenvalue weighted by Gasteiger charge is 2.28. The van der Waals surface area contributed by atoms with Crippen LogP contribution in [-0.4, -0.2) is 29.7 Å². The lowest BCUT2D eigenvalue weighted by molar-refractivity contribution is -0.153. The van der Waals surface area contributed by atoms with Crippen molar-refractivity contribution in [3.8, 4) is 5.75 Å². The highest BCUT2D eigenvalue weighted by molar-refractivity contribution is 7.11. The number of nitrogens with zero attached hydrogens (tertiary/aromatic N) is 2. The Morgan fingerprint density at radius 1 is 1.23 bits per heavy atom. The van der Waals surface area contributed by atoms with Crippen molar-refractivity contribution in [1.29, 1.82) is 0 Å². The number of ether oxygens (including phenoxy) is 1. The third-order valence-corrected chi connectivity index (χ3v) is 3.80. The van der Waals surface area contributed by atoms with E-state index >= 15 is 0 Å². The SMILES string of the molecule is Cc1ncc(CN(C)Cc2ccccc2OCC(F)(F)F)s1.